The van der Waals surface area contributed by atoms with Gasteiger partial charge in [0.2, 0.25) is 0 Å². The van der Waals surface area contributed by atoms with Crippen LogP contribution in [0.4, 0.5) is 0 Å². The Kier molecular flexibility index (Phi) is 5.61. The van der Waals surface area contributed by atoms with Crippen molar-refractivity contribution in [2.45, 2.75) is 72.1 Å². The van der Waals surface area contributed by atoms with E-state index >= 15 is 0 Å². The molecule has 1 aromatic carbocycles. The van der Waals surface area contributed by atoms with Crippen LogP contribution in [0.25, 0.3) is 0 Å². The number of unbranched alkanes of at least 4 members (excludes halogenated alkanes) is 1. The van der Waals surface area contributed by atoms with E-state index < -0.39 is 0 Å². The minimum atomic E-state index is -0.0860. The molecule has 21 heavy (non-hydrogen) atoms. The third-order valence-electron chi connectivity index (χ3n) is 3.63. The lowest BCUT2D eigenvalue weighted by molar-refractivity contribution is 0.423. The molecule has 1 aromatic rings. The quantitative estimate of drug-likeness (QED) is 0.599. The fourth-order valence-electron chi connectivity index (χ4n) is 2.29. The summed E-state index contributed by atoms with van der Waals surface area (Å²) in [7, 11) is 0. The molecular formula is C19H31NO. The Bertz CT molecular complexity index is 466. The highest BCUT2D eigenvalue weighted by Crippen LogP contribution is 2.39. The van der Waals surface area contributed by atoms with Crippen molar-refractivity contribution in [3.8, 4) is 5.75 Å². The summed E-state index contributed by atoms with van der Waals surface area (Å²) in [6, 6.07) is 4.14. The summed E-state index contributed by atoms with van der Waals surface area (Å²) < 4.78 is 0. The molecule has 0 atom stereocenters. The number of aromatic hydroxyl groups is 1. The summed E-state index contributed by atoms with van der Waals surface area (Å²) in [5, 5.41) is 10.6. The van der Waals surface area contributed by atoms with Crippen LogP contribution in [0, 0.1) is 0 Å². The largest absolute Gasteiger partial charge is 0.507 e. The van der Waals surface area contributed by atoms with Gasteiger partial charge in [-0.3, -0.25) is 4.99 Å². The van der Waals surface area contributed by atoms with Gasteiger partial charge in [0.25, 0.3) is 0 Å². The summed E-state index contributed by atoms with van der Waals surface area (Å²) in [5.74, 6) is 0.431. The van der Waals surface area contributed by atoms with Crippen LogP contribution in [0.3, 0.4) is 0 Å². The summed E-state index contributed by atoms with van der Waals surface area (Å²) >= 11 is 0. The van der Waals surface area contributed by atoms with E-state index in [0.717, 1.165) is 36.1 Å². The molecule has 0 saturated carbocycles. The first-order chi connectivity index (χ1) is 9.57. The van der Waals surface area contributed by atoms with Crippen molar-refractivity contribution in [2.75, 3.05) is 6.54 Å². The van der Waals surface area contributed by atoms with Crippen molar-refractivity contribution < 1.29 is 5.11 Å². The Morgan fingerprint density at radius 3 is 1.86 bits per heavy atom. The van der Waals surface area contributed by atoms with Gasteiger partial charge >= 0.3 is 0 Å². The maximum atomic E-state index is 10.6. The van der Waals surface area contributed by atoms with Crippen molar-refractivity contribution >= 4 is 6.21 Å². The SMILES string of the molecule is CCCCN=Cc1cc(C(C)(C)C)c(O)c(C(C)(C)C)c1. The van der Waals surface area contributed by atoms with Crippen molar-refractivity contribution in [1.29, 1.82) is 0 Å². The molecule has 0 unspecified atom stereocenters. The molecule has 0 aromatic heterocycles. The van der Waals surface area contributed by atoms with E-state index in [1.54, 1.807) is 0 Å². The van der Waals surface area contributed by atoms with Crippen LogP contribution < -0.4 is 0 Å². The van der Waals surface area contributed by atoms with E-state index in [1.807, 2.05) is 6.21 Å². The van der Waals surface area contributed by atoms with Crippen LogP contribution in [-0.4, -0.2) is 17.9 Å². The van der Waals surface area contributed by atoms with Gasteiger partial charge in [0.1, 0.15) is 5.75 Å². The molecular weight excluding hydrogens is 258 g/mol. The van der Waals surface area contributed by atoms with E-state index in [-0.39, 0.29) is 10.8 Å². The molecule has 0 spiro atoms. The van der Waals surface area contributed by atoms with Crippen LogP contribution in [0.2, 0.25) is 0 Å². The zero-order chi connectivity index (χ0) is 16.3. The predicted molar refractivity (Wildman–Crippen MR) is 92.9 cm³/mol. The lowest BCUT2D eigenvalue weighted by Gasteiger charge is -2.27. The number of phenols is 1. The van der Waals surface area contributed by atoms with E-state index in [2.05, 4.69) is 65.6 Å². The van der Waals surface area contributed by atoms with Gasteiger partial charge in [0.15, 0.2) is 0 Å². The van der Waals surface area contributed by atoms with E-state index in [4.69, 9.17) is 0 Å². The van der Waals surface area contributed by atoms with Gasteiger partial charge in [-0.05, 0) is 34.9 Å². The number of phenolic OH excluding ortho intramolecular Hbond substituents is 1. The lowest BCUT2D eigenvalue weighted by atomic mass is 9.78. The van der Waals surface area contributed by atoms with Crippen LogP contribution in [0.1, 0.15) is 78.0 Å². The third-order valence-corrected chi connectivity index (χ3v) is 3.63. The zero-order valence-electron chi connectivity index (χ0n) is 14.7. The Balaban J connectivity index is 3.31. The number of hydrogen-bond acceptors (Lipinski definition) is 2. The van der Waals surface area contributed by atoms with Gasteiger partial charge in [-0.2, -0.15) is 0 Å². The van der Waals surface area contributed by atoms with Crippen LogP contribution in [-0.2, 0) is 10.8 Å². The molecule has 0 bridgehead atoms. The minimum Gasteiger partial charge on any atom is -0.507 e. The number of aliphatic imine (C=N–C) groups is 1. The molecule has 2 heteroatoms. The zero-order valence-corrected chi connectivity index (χ0v) is 14.7. The molecule has 118 valence electrons. The van der Waals surface area contributed by atoms with Crippen molar-refractivity contribution in [1.82, 2.24) is 0 Å². The predicted octanol–water partition coefficient (Wildman–Crippen LogP) is 5.21. The van der Waals surface area contributed by atoms with Crippen LogP contribution in [0.5, 0.6) is 5.75 Å². The van der Waals surface area contributed by atoms with E-state index in [9.17, 15) is 5.11 Å². The summed E-state index contributed by atoms with van der Waals surface area (Å²) in [4.78, 5) is 4.50. The fraction of sp³-hybridized carbons (Fsp3) is 0.632. The standard InChI is InChI=1S/C19H31NO/c1-8-9-10-20-13-14-11-15(18(2,3)4)17(21)16(12-14)19(5,6)7/h11-13,21H,8-10H2,1-7H3. The average Bonchev–Trinajstić information content (AvgIpc) is 2.33. The first-order valence-corrected chi connectivity index (χ1v) is 7.95. The topological polar surface area (TPSA) is 32.6 Å². The molecule has 1 rings (SSSR count). The van der Waals surface area contributed by atoms with Crippen molar-refractivity contribution in [2.24, 2.45) is 4.99 Å². The second-order valence-electron chi connectivity index (χ2n) is 7.85. The highest BCUT2D eigenvalue weighted by Gasteiger charge is 2.26. The number of hydrogen-bond donors (Lipinski definition) is 1. The first-order valence-electron chi connectivity index (χ1n) is 7.95. The molecule has 0 heterocycles. The highest BCUT2D eigenvalue weighted by atomic mass is 16.3. The van der Waals surface area contributed by atoms with Crippen molar-refractivity contribution in [3.63, 3.8) is 0 Å². The van der Waals surface area contributed by atoms with Crippen LogP contribution in [0.15, 0.2) is 17.1 Å². The maximum absolute atomic E-state index is 10.6. The molecule has 0 radical (unpaired) electrons. The Hall–Kier alpha value is -1.31. The van der Waals surface area contributed by atoms with Gasteiger partial charge in [-0.25, -0.2) is 0 Å². The molecule has 0 amide bonds. The Labute approximate surface area is 130 Å². The van der Waals surface area contributed by atoms with Gasteiger partial charge in [0.05, 0.1) is 0 Å². The molecule has 0 saturated heterocycles. The van der Waals surface area contributed by atoms with Gasteiger partial charge < -0.3 is 5.11 Å². The second kappa shape index (κ2) is 6.64. The third kappa shape index (κ3) is 4.87. The minimum absolute atomic E-state index is 0.0860. The van der Waals surface area contributed by atoms with Gasteiger partial charge in [-0.1, -0.05) is 54.9 Å². The molecule has 0 aliphatic heterocycles. The van der Waals surface area contributed by atoms with Gasteiger partial charge in [-0.15, -0.1) is 0 Å². The van der Waals surface area contributed by atoms with Crippen LogP contribution >= 0.6 is 0 Å². The second-order valence-corrected chi connectivity index (χ2v) is 7.85. The van der Waals surface area contributed by atoms with Gasteiger partial charge in [0, 0.05) is 23.9 Å². The fourth-order valence-corrected chi connectivity index (χ4v) is 2.29. The summed E-state index contributed by atoms with van der Waals surface area (Å²) in [5.41, 5.74) is 2.90. The normalized spacial score (nSPS) is 13.1. The maximum Gasteiger partial charge on any atom is 0.123 e. The monoisotopic (exact) mass is 289 g/mol. The first kappa shape index (κ1) is 17.7. The molecule has 0 aliphatic rings. The average molecular weight is 289 g/mol. The summed E-state index contributed by atoms with van der Waals surface area (Å²) in [6.07, 6.45) is 4.22. The number of nitrogens with zero attached hydrogens (tertiary/aromatic N) is 1. The van der Waals surface area contributed by atoms with E-state index in [1.165, 1.54) is 0 Å². The van der Waals surface area contributed by atoms with E-state index in [0.29, 0.717) is 5.75 Å². The Morgan fingerprint density at radius 1 is 1.00 bits per heavy atom. The molecule has 0 aliphatic carbocycles. The lowest BCUT2D eigenvalue weighted by Crippen LogP contribution is -2.17. The molecule has 0 fully saturated rings. The Morgan fingerprint density at radius 2 is 1.48 bits per heavy atom. The molecule has 1 N–H and O–H groups in total. The summed E-state index contributed by atoms with van der Waals surface area (Å²) in [6.45, 7) is 15.8. The smallest absolute Gasteiger partial charge is 0.123 e. The number of rotatable bonds is 4. The highest BCUT2D eigenvalue weighted by molar-refractivity contribution is 5.81. The van der Waals surface area contributed by atoms with Crippen molar-refractivity contribution in [3.05, 3.63) is 28.8 Å². The molecule has 2 nitrogen and oxygen atoms in total. The number of benzene rings is 1.